The summed E-state index contributed by atoms with van der Waals surface area (Å²) in [7, 11) is 1.59. The van der Waals surface area contributed by atoms with E-state index in [4.69, 9.17) is 4.74 Å². The molecule has 1 unspecified atom stereocenters. The minimum absolute atomic E-state index is 0.0372. The van der Waals surface area contributed by atoms with Gasteiger partial charge in [0.05, 0.1) is 13.0 Å². The fourth-order valence-corrected chi connectivity index (χ4v) is 3.36. The average molecular weight is 409 g/mol. The lowest BCUT2D eigenvalue weighted by Gasteiger charge is -2.17. The van der Waals surface area contributed by atoms with Gasteiger partial charge in [0.15, 0.2) is 0 Å². The van der Waals surface area contributed by atoms with Crippen LogP contribution >= 0.6 is 0 Å². The van der Waals surface area contributed by atoms with Crippen molar-refractivity contribution in [3.8, 4) is 5.75 Å². The maximum absolute atomic E-state index is 12.6. The third-order valence-corrected chi connectivity index (χ3v) is 4.91. The topological polar surface area (TPSA) is 87.7 Å². The van der Waals surface area contributed by atoms with Crippen LogP contribution < -0.4 is 20.3 Å². The second-order valence-corrected chi connectivity index (χ2v) is 7.82. The molecule has 1 aliphatic rings. The fourth-order valence-electron chi connectivity index (χ4n) is 3.36. The Morgan fingerprint density at radius 2 is 1.63 bits per heavy atom. The molecule has 0 aliphatic carbocycles. The van der Waals surface area contributed by atoms with Gasteiger partial charge in [0.2, 0.25) is 17.7 Å². The molecule has 30 heavy (non-hydrogen) atoms. The number of ether oxygens (including phenoxy) is 1. The molecule has 0 aromatic heterocycles. The Bertz CT molecular complexity index is 907. The van der Waals surface area contributed by atoms with Gasteiger partial charge in [-0.15, -0.1) is 0 Å². The smallest absolute Gasteiger partial charge is 0.229 e. The minimum atomic E-state index is -0.426. The zero-order chi connectivity index (χ0) is 21.7. The van der Waals surface area contributed by atoms with E-state index in [1.807, 2.05) is 26.0 Å². The zero-order valence-corrected chi connectivity index (χ0v) is 17.5. The largest absolute Gasteiger partial charge is 0.497 e. The Hall–Kier alpha value is -3.35. The van der Waals surface area contributed by atoms with Crippen LogP contribution in [0.4, 0.5) is 17.1 Å². The molecule has 1 aliphatic heterocycles. The number of rotatable bonds is 7. The average Bonchev–Trinajstić information content (AvgIpc) is 3.11. The van der Waals surface area contributed by atoms with Crippen LogP contribution in [0, 0.1) is 11.8 Å². The van der Waals surface area contributed by atoms with Crippen LogP contribution in [0.25, 0.3) is 0 Å². The number of carbonyl (C=O) groups excluding carboxylic acids is 3. The number of nitrogens with zero attached hydrogens (tertiary/aromatic N) is 1. The van der Waals surface area contributed by atoms with Gasteiger partial charge in [-0.25, -0.2) is 0 Å². The number of anilines is 3. The van der Waals surface area contributed by atoms with E-state index < -0.39 is 5.92 Å². The van der Waals surface area contributed by atoms with E-state index in [2.05, 4.69) is 10.6 Å². The summed E-state index contributed by atoms with van der Waals surface area (Å²) in [4.78, 5) is 38.5. The molecule has 0 saturated carbocycles. The molecule has 7 nitrogen and oxygen atoms in total. The Morgan fingerprint density at radius 3 is 2.20 bits per heavy atom. The van der Waals surface area contributed by atoms with Crippen molar-refractivity contribution >= 4 is 34.8 Å². The Balaban J connectivity index is 1.57. The molecular formula is C23H27N3O4. The van der Waals surface area contributed by atoms with Gasteiger partial charge < -0.3 is 20.3 Å². The van der Waals surface area contributed by atoms with Gasteiger partial charge in [0, 0.05) is 36.4 Å². The highest BCUT2D eigenvalue weighted by molar-refractivity contribution is 6.03. The summed E-state index contributed by atoms with van der Waals surface area (Å²) >= 11 is 0. The number of methoxy groups -OCH3 is 1. The Kier molecular flexibility index (Phi) is 6.72. The van der Waals surface area contributed by atoms with E-state index in [0.29, 0.717) is 30.1 Å². The molecule has 3 amide bonds. The lowest BCUT2D eigenvalue weighted by atomic mass is 10.1. The van der Waals surface area contributed by atoms with Crippen molar-refractivity contribution in [3.05, 3.63) is 48.5 Å². The van der Waals surface area contributed by atoms with Crippen LogP contribution in [0.5, 0.6) is 5.75 Å². The highest BCUT2D eigenvalue weighted by atomic mass is 16.5. The van der Waals surface area contributed by atoms with Gasteiger partial charge >= 0.3 is 0 Å². The molecular weight excluding hydrogens is 382 g/mol. The van der Waals surface area contributed by atoms with Gasteiger partial charge in [-0.2, -0.15) is 0 Å². The maximum Gasteiger partial charge on any atom is 0.229 e. The molecule has 0 bridgehead atoms. The van der Waals surface area contributed by atoms with Crippen LogP contribution in [0.3, 0.4) is 0 Å². The Morgan fingerprint density at radius 1 is 1.03 bits per heavy atom. The third kappa shape index (κ3) is 5.37. The van der Waals surface area contributed by atoms with Crippen LogP contribution in [0.2, 0.25) is 0 Å². The van der Waals surface area contributed by atoms with Crippen molar-refractivity contribution in [3.63, 3.8) is 0 Å². The molecule has 158 valence electrons. The van der Waals surface area contributed by atoms with Gasteiger partial charge in [-0.1, -0.05) is 13.8 Å². The molecule has 2 aromatic carbocycles. The summed E-state index contributed by atoms with van der Waals surface area (Å²) in [6, 6.07) is 14.2. The lowest BCUT2D eigenvalue weighted by molar-refractivity contribution is -0.122. The highest BCUT2D eigenvalue weighted by Crippen LogP contribution is 2.27. The number of carbonyl (C=O) groups is 3. The van der Waals surface area contributed by atoms with Gasteiger partial charge in [0.25, 0.3) is 0 Å². The van der Waals surface area contributed by atoms with Crippen molar-refractivity contribution in [2.75, 3.05) is 29.2 Å². The van der Waals surface area contributed by atoms with Crippen LogP contribution in [0.15, 0.2) is 48.5 Å². The lowest BCUT2D eigenvalue weighted by Crippen LogP contribution is -2.28. The molecule has 3 rings (SSSR count). The molecule has 2 N–H and O–H groups in total. The molecule has 1 saturated heterocycles. The zero-order valence-electron chi connectivity index (χ0n) is 17.5. The first-order chi connectivity index (χ1) is 14.4. The second-order valence-electron chi connectivity index (χ2n) is 7.82. The summed E-state index contributed by atoms with van der Waals surface area (Å²) in [5.41, 5.74) is 2.05. The quantitative estimate of drug-likeness (QED) is 0.730. The number of nitrogens with one attached hydrogen (secondary N) is 2. The summed E-state index contributed by atoms with van der Waals surface area (Å²) in [5, 5.41) is 5.69. The number of hydrogen-bond donors (Lipinski definition) is 2. The predicted molar refractivity (Wildman–Crippen MR) is 117 cm³/mol. The molecule has 0 spiro atoms. The normalized spacial score (nSPS) is 15.9. The van der Waals surface area contributed by atoms with E-state index in [-0.39, 0.29) is 30.1 Å². The monoisotopic (exact) mass is 409 g/mol. The Labute approximate surface area is 176 Å². The van der Waals surface area contributed by atoms with E-state index in [1.54, 1.807) is 48.4 Å². The molecule has 7 heteroatoms. The first-order valence-corrected chi connectivity index (χ1v) is 10.0. The summed E-state index contributed by atoms with van der Waals surface area (Å²) in [5.74, 6) is 0.257. The predicted octanol–water partition coefficient (Wildman–Crippen LogP) is 3.67. The first-order valence-electron chi connectivity index (χ1n) is 10.0. The van der Waals surface area contributed by atoms with Crippen molar-refractivity contribution in [2.24, 2.45) is 11.8 Å². The fraction of sp³-hybridized carbons (Fsp3) is 0.348. The van der Waals surface area contributed by atoms with E-state index >= 15 is 0 Å². The third-order valence-electron chi connectivity index (χ3n) is 4.91. The van der Waals surface area contributed by atoms with Gasteiger partial charge in [-0.05, 0) is 54.4 Å². The SMILES string of the molecule is COc1ccc(N2CC(C(=O)Nc3ccc(NC(=O)CC(C)C)cc3)CC2=O)cc1. The van der Waals surface area contributed by atoms with Crippen molar-refractivity contribution < 1.29 is 19.1 Å². The van der Waals surface area contributed by atoms with E-state index in [9.17, 15) is 14.4 Å². The van der Waals surface area contributed by atoms with Crippen molar-refractivity contribution in [2.45, 2.75) is 26.7 Å². The van der Waals surface area contributed by atoms with Gasteiger partial charge in [-0.3, -0.25) is 14.4 Å². The van der Waals surface area contributed by atoms with E-state index in [1.165, 1.54) is 0 Å². The van der Waals surface area contributed by atoms with Crippen LogP contribution in [0.1, 0.15) is 26.7 Å². The number of benzene rings is 2. The van der Waals surface area contributed by atoms with Crippen molar-refractivity contribution in [1.82, 2.24) is 0 Å². The molecule has 1 atom stereocenters. The molecule has 0 radical (unpaired) electrons. The number of amides is 3. The standard InChI is InChI=1S/C23H27N3O4/c1-15(2)12-21(27)24-17-4-6-18(7-5-17)25-23(29)16-13-22(28)26(14-16)19-8-10-20(30-3)11-9-19/h4-11,15-16H,12-14H2,1-3H3,(H,24,27)(H,25,29). The molecule has 1 heterocycles. The molecule has 1 fully saturated rings. The van der Waals surface area contributed by atoms with Gasteiger partial charge in [0.1, 0.15) is 5.75 Å². The van der Waals surface area contributed by atoms with Crippen molar-refractivity contribution in [1.29, 1.82) is 0 Å². The van der Waals surface area contributed by atoms with Crippen LogP contribution in [-0.4, -0.2) is 31.4 Å². The maximum atomic E-state index is 12.6. The highest BCUT2D eigenvalue weighted by Gasteiger charge is 2.35. The van der Waals surface area contributed by atoms with E-state index in [0.717, 1.165) is 5.69 Å². The summed E-state index contributed by atoms with van der Waals surface area (Å²) < 4.78 is 5.14. The summed E-state index contributed by atoms with van der Waals surface area (Å²) in [6.07, 6.45) is 0.625. The first kappa shape index (κ1) is 21.4. The minimum Gasteiger partial charge on any atom is -0.497 e. The summed E-state index contributed by atoms with van der Waals surface area (Å²) in [6.45, 7) is 4.31. The number of hydrogen-bond acceptors (Lipinski definition) is 4. The van der Waals surface area contributed by atoms with Crippen LogP contribution in [-0.2, 0) is 14.4 Å². The second kappa shape index (κ2) is 9.43. The molecule has 2 aromatic rings.